The van der Waals surface area contributed by atoms with E-state index in [2.05, 4.69) is 0 Å². The topological polar surface area (TPSA) is 80.8 Å². The molecule has 1 aliphatic heterocycles. The molecule has 0 bridgehead atoms. The van der Waals surface area contributed by atoms with Crippen LogP contribution in [0.2, 0.25) is 5.02 Å². The summed E-state index contributed by atoms with van der Waals surface area (Å²) in [6, 6.07) is 10.9. The second-order valence-electron chi connectivity index (χ2n) is 6.87. The molecule has 0 amide bonds. The van der Waals surface area contributed by atoms with E-state index < -0.39 is 22.1 Å². The van der Waals surface area contributed by atoms with Gasteiger partial charge in [-0.1, -0.05) is 11.6 Å². The summed E-state index contributed by atoms with van der Waals surface area (Å²) < 4.78 is 30.6. The van der Waals surface area contributed by atoms with Gasteiger partial charge in [0.1, 0.15) is 0 Å². The van der Waals surface area contributed by atoms with Crippen LogP contribution in [-0.4, -0.2) is 38.6 Å². The normalized spacial score (nSPS) is 17.1. The quantitative estimate of drug-likeness (QED) is 0.545. The number of ketones is 1. The fraction of sp³-hybridized carbons (Fsp3) is 0.300. The number of sulfonamides is 1. The maximum absolute atomic E-state index is 12.5. The molecule has 0 saturated carbocycles. The molecule has 2 atom stereocenters. The van der Waals surface area contributed by atoms with Gasteiger partial charge >= 0.3 is 5.97 Å². The summed E-state index contributed by atoms with van der Waals surface area (Å²) in [5.41, 5.74) is 1.99. The molecule has 28 heavy (non-hydrogen) atoms. The number of nitrogens with zero attached hydrogens (tertiary/aromatic N) is 1. The Bertz CT molecular complexity index is 1030. The lowest BCUT2D eigenvalue weighted by molar-refractivity contribution is 0.0319. The molecular formula is C20H20ClNO5S. The average molecular weight is 422 g/mol. The molecule has 2 aromatic carbocycles. The lowest BCUT2D eigenvalue weighted by atomic mass is 10.1. The van der Waals surface area contributed by atoms with E-state index in [9.17, 15) is 18.0 Å². The standard InChI is InChI=1S/C20H20ClNO5S/c1-12-10-16-11-15(6-9-18(16)22(12)28(3,25)26)20(24)27-13(2)19(23)14-4-7-17(21)8-5-14/h4-9,11-13H,10H2,1-3H3. The third-order valence-corrected chi connectivity index (χ3v) is 6.13. The number of anilines is 1. The SMILES string of the molecule is CC(OC(=O)c1ccc2c(c1)CC(C)N2S(C)(=O)=O)C(=O)c1ccc(Cl)cc1. The highest BCUT2D eigenvalue weighted by Crippen LogP contribution is 2.34. The number of hydrogen-bond donors (Lipinski definition) is 0. The molecule has 148 valence electrons. The third-order valence-electron chi connectivity index (χ3n) is 4.61. The van der Waals surface area contributed by atoms with Crippen LogP contribution < -0.4 is 4.31 Å². The Morgan fingerprint density at radius 2 is 1.75 bits per heavy atom. The largest absolute Gasteiger partial charge is 0.451 e. The van der Waals surface area contributed by atoms with E-state index in [1.165, 1.54) is 17.3 Å². The Morgan fingerprint density at radius 1 is 1.14 bits per heavy atom. The first kappa shape index (κ1) is 20.4. The summed E-state index contributed by atoms with van der Waals surface area (Å²) in [4.78, 5) is 24.9. The molecule has 0 saturated heterocycles. The predicted molar refractivity (Wildman–Crippen MR) is 108 cm³/mol. The fourth-order valence-corrected chi connectivity index (χ4v) is 4.76. The molecule has 0 spiro atoms. The van der Waals surface area contributed by atoms with Gasteiger partial charge in [0.05, 0.1) is 17.5 Å². The maximum atomic E-state index is 12.5. The number of carbonyl (C=O) groups is 2. The van der Waals surface area contributed by atoms with E-state index in [1.54, 1.807) is 36.4 Å². The summed E-state index contributed by atoms with van der Waals surface area (Å²) >= 11 is 5.82. The Balaban J connectivity index is 1.76. The number of fused-ring (bicyclic) bond motifs is 1. The van der Waals surface area contributed by atoms with E-state index in [4.69, 9.17) is 16.3 Å². The number of hydrogen-bond acceptors (Lipinski definition) is 5. The first-order valence-electron chi connectivity index (χ1n) is 8.71. The molecule has 3 rings (SSSR count). The number of halogens is 1. The maximum Gasteiger partial charge on any atom is 0.338 e. The predicted octanol–water partition coefficient (Wildman–Crippen LogP) is 3.48. The van der Waals surface area contributed by atoms with E-state index >= 15 is 0 Å². The van der Waals surface area contributed by atoms with Crippen molar-refractivity contribution in [1.82, 2.24) is 0 Å². The molecule has 2 aromatic rings. The molecule has 6 nitrogen and oxygen atoms in total. The van der Waals surface area contributed by atoms with Crippen LogP contribution in [0.25, 0.3) is 0 Å². The lowest BCUT2D eigenvalue weighted by Gasteiger charge is -2.22. The van der Waals surface area contributed by atoms with Gasteiger partial charge in [-0.05, 0) is 68.3 Å². The van der Waals surface area contributed by atoms with Gasteiger partial charge in [0.25, 0.3) is 0 Å². The van der Waals surface area contributed by atoms with E-state index in [-0.39, 0.29) is 17.4 Å². The molecule has 8 heteroatoms. The summed E-state index contributed by atoms with van der Waals surface area (Å²) in [6.45, 7) is 3.32. The van der Waals surface area contributed by atoms with Crippen molar-refractivity contribution in [2.75, 3.05) is 10.6 Å². The smallest absolute Gasteiger partial charge is 0.338 e. The summed E-state index contributed by atoms with van der Waals surface area (Å²) in [6.07, 6.45) is 0.696. The molecule has 1 heterocycles. The van der Waals surface area contributed by atoms with Gasteiger partial charge in [0.15, 0.2) is 6.10 Å². The molecule has 0 fully saturated rings. The van der Waals surface area contributed by atoms with Crippen molar-refractivity contribution in [3.8, 4) is 0 Å². The number of Topliss-reactive ketones (excluding diaryl/α,β-unsaturated/α-hetero) is 1. The number of rotatable bonds is 5. The summed E-state index contributed by atoms with van der Waals surface area (Å²) in [5, 5.41) is 0.511. The van der Waals surface area contributed by atoms with Crippen LogP contribution in [0.3, 0.4) is 0 Å². The van der Waals surface area contributed by atoms with Crippen molar-refractivity contribution in [3.63, 3.8) is 0 Å². The first-order valence-corrected chi connectivity index (χ1v) is 10.9. The molecular weight excluding hydrogens is 402 g/mol. The van der Waals surface area contributed by atoms with Crippen molar-refractivity contribution in [2.24, 2.45) is 0 Å². The van der Waals surface area contributed by atoms with Crippen molar-refractivity contribution in [3.05, 3.63) is 64.2 Å². The monoisotopic (exact) mass is 421 g/mol. The van der Waals surface area contributed by atoms with Gasteiger partial charge in [-0.2, -0.15) is 0 Å². The van der Waals surface area contributed by atoms with Crippen LogP contribution in [0, 0.1) is 0 Å². The highest BCUT2D eigenvalue weighted by Gasteiger charge is 2.33. The zero-order valence-electron chi connectivity index (χ0n) is 15.7. The van der Waals surface area contributed by atoms with Crippen LogP contribution in [0.15, 0.2) is 42.5 Å². The number of benzene rings is 2. The molecule has 1 aliphatic rings. The van der Waals surface area contributed by atoms with Crippen LogP contribution in [0.1, 0.15) is 40.1 Å². The van der Waals surface area contributed by atoms with Gasteiger partial charge in [-0.3, -0.25) is 9.10 Å². The van der Waals surface area contributed by atoms with Gasteiger partial charge in [0, 0.05) is 16.6 Å². The molecule has 0 N–H and O–H groups in total. The summed E-state index contributed by atoms with van der Waals surface area (Å²) in [5.74, 6) is -0.967. The van der Waals surface area contributed by atoms with E-state index in [0.717, 1.165) is 11.8 Å². The van der Waals surface area contributed by atoms with Gasteiger partial charge in [-0.15, -0.1) is 0 Å². The Morgan fingerprint density at radius 3 is 2.36 bits per heavy atom. The van der Waals surface area contributed by atoms with Crippen LogP contribution in [-0.2, 0) is 21.2 Å². The van der Waals surface area contributed by atoms with Gasteiger partial charge in [0.2, 0.25) is 15.8 Å². The fourth-order valence-electron chi connectivity index (χ4n) is 3.37. The number of esters is 1. The van der Waals surface area contributed by atoms with Gasteiger partial charge < -0.3 is 4.74 Å². The van der Waals surface area contributed by atoms with Crippen molar-refractivity contribution in [1.29, 1.82) is 0 Å². The molecule has 0 aromatic heterocycles. The van der Waals surface area contributed by atoms with Crippen LogP contribution in [0.5, 0.6) is 0 Å². The van der Waals surface area contributed by atoms with Crippen LogP contribution in [0.4, 0.5) is 5.69 Å². The zero-order chi connectivity index (χ0) is 20.6. The second-order valence-corrected chi connectivity index (χ2v) is 9.17. The lowest BCUT2D eigenvalue weighted by Crippen LogP contribution is -2.34. The highest BCUT2D eigenvalue weighted by molar-refractivity contribution is 7.92. The first-order chi connectivity index (χ1) is 13.1. The Kier molecular flexibility index (Phi) is 5.50. The summed E-state index contributed by atoms with van der Waals surface area (Å²) in [7, 11) is -3.40. The minimum absolute atomic E-state index is 0.221. The Labute approximate surface area is 169 Å². The minimum atomic E-state index is -3.40. The average Bonchev–Trinajstić information content (AvgIpc) is 2.96. The Hall–Kier alpha value is -2.38. The van der Waals surface area contributed by atoms with Crippen molar-refractivity contribution >= 4 is 39.1 Å². The third kappa shape index (κ3) is 4.05. The number of ether oxygens (including phenoxy) is 1. The molecule has 2 unspecified atom stereocenters. The van der Waals surface area contributed by atoms with Crippen molar-refractivity contribution < 1.29 is 22.7 Å². The molecule has 0 radical (unpaired) electrons. The highest BCUT2D eigenvalue weighted by atomic mass is 35.5. The van der Waals surface area contributed by atoms with Gasteiger partial charge in [-0.25, -0.2) is 13.2 Å². The molecule has 0 aliphatic carbocycles. The van der Waals surface area contributed by atoms with Crippen LogP contribution >= 0.6 is 11.6 Å². The second kappa shape index (κ2) is 7.56. The van der Waals surface area contributed by atoms with Crippen molar-refractivity contribution in [2.45, 2.75) is 32.4 Å². The minimum Gasteiger partial charge on any atom is -0.451 e. The van der Waals surface area contributed by atoms with E-state index in [1.807, 2.05) is 6.92 Å². The zero-order valence-corrected chi connectivity index (χ0v) is 17.3. The number of carbonyl (C=O) groups excluding carboxylic acids is 2. The van der Waals surface area contributed by atoms with E-state index in [0.29, 0.717) is 22.7 Å².